The highest BCUT2D eigenvalue weighted by Gasteiger charge is 2.20. The summed E-state index contributed by atoms with van der Waals surface area (Å²) in [7, 11) is 0. The van der Waals surface area contributed by atoms with Crippen molar-refractivity contribution >= 4 is 5.97 Å². The molecule has 1 unspecified atom stereocenters. The van der Waals surface area contributed by atoms with Gasteiger partial charge in [0.25, 0.3) is 0 Å². The lowest BCUT2D eigenvalue weighted by atomic mass is 10.00. The maximum atomic E-state index is 11.9. The summed E-state index contributed by atoms with van der Waals surface area (Å²) in [6, 6.07) is 4.37. The van der Waals surface area contributed by atoms with Crippen molar-refractivity contribution in [3.05, 3.63) is 35.9 Å². The van der Waals surface area contributed by atoms with Crippen molar-refractivity contribution in [1.82, 2.24) is 0 Å². The van der Waals surface area contributed by atoms with E-state index < -0.39 is 12.1 Å². The second kappa shape index (κ2) is 12.4. The van der Waals surface area contributed by atoms with Crippen LogP contribution in [-0.4, -0.2) is 16.2 Å². The summed E-state index contributed by atoms with van der Waals surface area (Å²) in [5.74, 6) is -0.530. The number of ether oxygens (including phenoxy) is 1. The van der Waals surface area contributed by atoms with Gasteiger partial charge in [0.05, 0.1) is 0 Å². The molecule has 26 heavy (non-hydrogen) atoms. The van der Waals surface area contributed by atoms with E-state index in [0.29, 0.717) is 17.6 Å². The highest BCUT2D eigenvalue weighted by Crippen LogP contribution is 2.33. The minimum atomic E-state index is -0.524. The molecule has 1 rings (SSSR count). The highest BCUT2D eigenvalue weighted by atomic mass is 16.5. The SMILES string of the molecule is C=C(C)C(=O)OC(CCCCCCCCCCC)c1ccc(O)cc1O. The van der Waals surface area contributed by atoms with Crippen molar-refractivity contribution in [3.63, 3.8) is 0 Å². The molecule has 1 atom stereocenters. The third-order valence-electron chi connectivity index (χ3n) is 4.53. The Hall–Kier alpha value is -1.97. The van der Waals surface area contributed by atoms with Gasteiger partial charge in [-0.05, 0) is 31.9 Å². The Morgan fingerprint density at radius 2 is 1.62 bits per heavy atom. The Labute approximate surface area is 157 Å². The Morgan fingerprint density at radius 1 is 1.04 bits per heavy atom. The first-order valence-electron chi connectivity index (χ1n) is 9.84. The lowest BCUT2D eigenvalue weighted by Gasteiger charge is -2.19. The molecule has 4 nitrogen and oxygen atoms in total. The number of unbranched alkanes of at least 4 members (excludes halogenated alkanes) is 8. The molecule has 0 aliphatic carbocycles. The van der Waals surface area contributed by atoms with E-state index in [1.54, 1.807) is 13.0 Å². The summed E-state index contributed by atoms with van der Waals surface area (Å²) in [4.78, 5) is 11.9. The van der Waals surface area contributed by atoms with Crippen LogP contribution in [0.1, 0.15) is 89.7 Å². The average molecular weight is 363 g/mol. The van der Waals surface area contributed by atoms with Crippen LogP contribution in [0.5, 0.6) is 11.5 Å². The topological polar surface area (TPSA) is 66.8 Å². The Balaban J connectivity index is 2.48. The van der Waals surface area contributed by atoms with E-state index in [2.05, 4.69) is 13.5 Å². The van der Waals surface area contributed by atoms with Crippen molar-refractivity contribution in [3.8, 4) is 11.5 Å². The van der Waals surface area contributed by atoms with Gasteiger partial charge in [-0.15, -0.1) is 0 Å². The number of hydrogen-bond donors (Lipinski definition) is 2. The highest BCUT2D eigenvalue weighted by molar-refractivity contribution is 5.87. The molecule has 0 aromatic heterocycles. The lowest BCUT2D eigenvalue weighted by Crippen LogP contribution is -2.12. The molecule has 0 aliphatic heterocycles. The van der Waals surface area contributed by atoms with Crippen molar-refractivity contribution in [2.24, 2.45) is 0 Å². The number of esters is 1. The zero-order valence-corrected chi connectivity index (χ0v) is 16.3. The zero-order chi connectivity index (χ0) is 19.4. The van der Waals surface area contributed by atoms with Crippen LogP contribution in [0, 0.1) is 0 Å². The van der Waals surface area contributed by atoms with E-state index in [9.17, 15) is 15.0 Å². The molecule has 0 heterocycles. The van der Waals surface area contributed by atoms with Crippen molar-refractivity contribution in [2.45, 2.75) is 84.2 Å². The Bertz CT molecular complexity index is 565. The summed E-state index contributed by atoms with van der Waals surface area (Å²) in [5.41, 5.74) is 0.859. The molecular weight excluding hydrogens is 328 g/mol. The molecule has 146 valence electrons. The normalized spacial score (nSPS) is 11.9. The van der Waals surface area contributed by atoms with Crippen LogP contribution in [0.4, 0.5) is 0 Å². The number of carbonyl (C=O) groups excluding carboxylic acids is 1. The molecule has 0 saturated heterocycles. The maximum Gasteiger partial charge on any atom is 0.333 e. The van der Waals surface area contributed by atoms with Crippen LogP contribution in [0.15, 0.2) is 30.4 Å². The van der Waals surface area contributed by atoms with Crippen LogP contribution in [0.2, 0.25) is 0 Å². The van der Waals surface area contributed by atoms with Crippen LogP contribution >= 0.6 is 0 Å². The third-order valence-corrected chi connectivity index (χ3v) is 4.53. The fraction of sp³-hybridized carbons (Fsp3) is 0.591. The number of carbonyl (C=O) groups is 1. The van der Waals surface area contributed by atoms with Crippen molar-refractivity contribution < 1.29 is 19.7 Å². The second-order valence-electron chi connectivity index (χ2n) is 7.03. The molecule has 2 N–H and O–H groups in total. The monoisotopic (exact) mass is 362 g/mol. The molecular formula is C22H34O4. The summed E-state index contributed by atoms with van der Waals surface area (Å²) < 4.78 is 5.51. The van der Waals surface area contributed by atoms with Gasteiger partial charge in [-0.2, -0.15) is 0 Å². The molecule has 0 amide bonds. The zero-order valence-electron chi connectivity index (χ0n) is 16.3. The van der Waals surface area contributed by atoms with Gasteiger partial charge in [0.15, 0.2) is 0 Å². The molecule has 0 aliphatic rings. The van der Waals surface area contributed by atoms with E-state index in [1.807, 2.05) is 0 Å². The van der Waals surface area contributed by atoms with Gasteiger partial charge in [-0.3, -0.25) is 0 Å². The number of phenolic OH excluding ortho intramolecular Hbond substituents is 2. The van der Waals surface area contributed by atoms with E-state index >= 15 is 0 Å². The minimum Gasteiger partial charge on any atom is -0.508 e. The van der Waals surface area contributed by atoms with Crippen LogP contribution < -0.4 is 0 Å². The van der Waals surface area contributed by atoms with Crippen LogP contribution in [-0.2, 0) is 9.53 Å². The number of rotatable bonds is 13. The quantitative estimate of drug-likeness (QED) is 0.250. The number of phenols is 2. The van der Waals surface area contributed by atoms with Gasteiger partial charge in [-0.1, -0.05) is 64.9 Å². The standard InChI is InChI=1S/C22H34O4/c1-4-5-6-7-8-9-10-11-12-13-21(26-22(25)17(2)3)19-15-14-18(23)16-20(19)24/h14-16,21,23-24H,2,4-13H2,1,3H3. The summed E-state index contributed by atoms with van der Waals surface area (Å²) in [6.07, 6.45) is 11.1. The van der Waals surface area contributed by atoms with E-state index in [-0.39, 0.29) is 11.5 Å². The molecule has 1 aromatic rings. The van der Waals surface area contributed by atoms with Gasteiger partial charge in [-0.25, -0.2) is 4.79 Å². The number of benzene rings is 1. The van der Waals surface area contributed by atoms with Crippen LogP contribution in [0.3, 0.4) is 0 Å². The Morgan fingerprint density at radius 3 is 2.15 bits per heavy atom. The summed E-state index contributed by atoms with van der Waals surface area (Å²) in [6.45, 7) is 7.44. The van der Waals surface area contributed by atoms with Gasteiger partial charge >= 0.3 is 5.97 Å². The first-order valence-corrected chi connectivity index (χ1v) is 9.84. The predicted octanol–water partition coefficient (Wildman–Crippen LogP) is 6.18. The van der Waals surface area contributed by atoms with Gasteiger partial charge in [0.2, 0.25) is 0 Å². The molecule has 0 bridgehead atoms. The van der Waals surface area contributed by atoms with E-state index in [4.69, 9.17) is 4.74 Å². The second-order valence-corrected chi connectivity index (χ2v) is 7.03. The Kier molecular flexibility index (Phi) is 10.5. The molecule has 4 heteroatoms. The van der Waals surface area contributed by atoms with Gasteiger partial charge in [0.1, 0.15) is 17.6 Å². The molecule has 1 aromatic carbocycles. The fourth-order valence-corrected chi connectivity index (χ4v) is 2.95. The van der Waals surface area contributed by atoms with Crippen molar-refractivity contribution in [2.75, 3.05) is 0 Å². The molecule has 0 fully saturated rings. The fourth-order valence-electron chi connectivity index (χ4n) is 2.95. The third kappa shape index (κ3) is 8.41. The molecule has 0 spiro atoms. The van der Waals surface area contributed by atoms with Gasteiger partial charge < -0.3 is 14.9 Å². The van der Waals surface area contributed by atoms with Gasteiger partial charge in [0, 0.05) is 17.2 Å². The number of aromatic hydroxyl groups is 2. The largest absolute Gasteiger partial charge is 0.508 e. The summed E-state index contributed by atoms with van der Waals surface area (Å²) in [5, 5.41) is 19.5. The van der Waals surface area contributed by atoms with Crippen molar-refractivity contribution in [1.29, 1.82) is 0 Å². The first kappa shape index (κ1) is 22.1. The first-order chi connectivity index (χ1) is 12.5. The number of hydrogen-bond acceptors (Lipinski definition) is 4. The van der Waals surface area contributed by atoms with E-state index in [0.717, 1.165) is 12.8 Å². The molecule has 0 saturated carbocycles. The van der Waals surface area contributed by atoms with Crippen LogP contribution in [0.25, 0.3) is 0 Å². The summed E-state index contributed by atoms with van der Waals surface area (Å²) >= 11 is 0. The predicted molar refractivity (Wildman–Crippen MR) is 105 cm³/mol. The maximum absolute atomic E-state index is 11.9. The van der Waals surface area contributed by atoms with E-state index in [1.165, 1.54) is 57.1 Å². The average Bonchev–Trinajstić information content (AvgIpc) is 2.59. The lowest BCUT2D eigenvalue weighted by molar-refractivity contribution is -0.145. The smallest absolute Gasteiger partial charge is 0.333 e. The molecule has 0 radical (unpaired) electrons. The minimum absolute atomic E-state index is 0.0145.